The van der Waals surface area contributed by atoms with Gasteiger partial charge >= 0.3 is 0 Å². The van der Waals surface area contributed by atoms with Crippen LogP contribution >= 0.6 is 0 Å². The molecule has 1 aliphatic heterocycles. The second-order valence-electron chi connectivity index (χ2n) is 6.37. The molecule has 1 aromatic rings. The van der Waals surface area contributed by atoms with Crippen molar-refractivity contribution >= 4 is 5.95 Å². The maximum atomic E-state index is 6.08. The molecule has 1 unspecified atom stereocenters. The largest absolute Gasteiger partial charge is 0.338 e. The van der Waals surface area contributed by atoms with Crippen LogP contribution in [0.2, 0.25) is 0 Å². The maximum Gasteiger partial charge on any atom is 0.225 e. The van der Waals surface area contributed by atoms with E-state index in [1.54, 1.807) is 0 Å². The number of anilines is 1. The Morgan fingerprint density at radius 2 is 1.85 bits per heavy atom. The molecule has 1 aromatic heterocycles. The SMILES string of the molecule is CC(CN)(CC1CC1)N1CCN(c2ncccn2)CC1. The molecule has 20 heavy (non-hydrogen) atoms. The van der Waals surface area contributed by atoms with E-state index in [0.717, 1.165) is 44.6 Å². The highest BCUT2D eigenvalue weighted by Gasteiger charge is 2.38. The summed E-state index contributed by atoms with van der Waals surface area (Å²) in [5.41, 5.74) is 6.25. The van der Waals surface area contributed by atoms with Gasteiger partial charge in [0.2, 0.25) is 5.95 Å². The lowest BCUT2D eigenvalue weighted by atomic mass is 9.92. The van der Waals surface area contributed by atoms with E-state index in [9.17, 15) is 0 Å². The summed E-state index contributed by atoms with van der Waals surface area (Å²) in [6, 6.07) is 1.86. The molecule has 2 fully saturated rings. The second kappa shape index (κ2) is 5.66. The Balaban J connectivity index is 1.59. The molecule has 0 bridgehead atoms. The lowest BCUT2D eigenvalue weighted by Crippen LogP contribution is -2.59. The molecule has 110 valence electrons. The van der Waals surface area contributed by atoms with Crippen molar-refractivity contribution in [2.75, 3.05) is 37.6 Å². The molecule has 0 spiro atoms. The zero-order valence-corrected chi connectivity index (χ0v) is 12.3. The number of piperazine rings is 1. The molecule has 3 rings (SSSR count). The predicted octanol–water partition coefficient (Wildman–Crippen LogP) is 1.12. The Morgan fingerprint density at radius 3 is 2.40 bits per heavy atom. The Labute approximate surface area is 121 Å². The van der Waals surface area contributed by atoms with Crippen LogP contribution < -0.4 is 10.6 Å². The summed E-state index contributed by atoms with van der Waals surface area (Å²) >= 11 is 0. The van der Waals surface area contributed by atoms with Crippen molar-refractivity contribution in [3.05, 3.63) is 18.5 Å². The van der Waals surface area contributed by atoms with Gasteiger partial charge in [-0.25, -0.2) is 9.97 Å². The average Bonchev–Trinajstić information content (AvgIpc) is 3.32. The van der Waals surface area contributed by atoms with Gasteiger partial charge in [-0.2, -0.15) is 0 Å². The predicted molar refractivity (Wildman–Crippen MR) is 80.6 cm³/mol. The van der Waals surface area contributed by atoms with Crippen molar-refractivity contribution in [3.8, 4) is 0 Å². The Kier molecular flexibility index (Phi) is 3.89. The lowest BCUT2D eigenvalue weighted by Gasteiger charge is -2.45. The standard InChI is InChI=1S/C15H25N5/c1-15(12-16,11-13-3-4-13)20-9-7-19(8-10-20)14-17-5-2-6-18-14/h2,5-6,13H,3-4,7-12,16H2,1H3. The first kappa shape index (κ1) is 13.8. The second-order valence-corrected chi connectivity index (χ2v) is 6.37. The van der Waals surface area contributed by atoms with Gasteiger partial charge in [0.25, 0.3) is 0 Å². The van der Waals surface area contributed by atoms with Crippen LogP contribution in [-0.2, 0) is 0 Å². The van der Waals surface area contributed by atoms with E-state index in [4.69, 9.17) is 5.73 Å². The van der Waals surface area contributed by atoms with Crippen LogP contribution in [0.5, 0.6) is 0 Å². The fourth-order valence-corrected chi connectivity index (χ4v) is 3.19. The van der Waals surface area contributed by atoms with Gasteiger partial charge in [-0.1, -0.05) is 12.8 Å². The molecule has 1 saturated heterocycles. The number of hydrogen-bond acceptors (Lipinski definition) is 5. The summed E-state index contributed by atoms with van der Waals surface area (Å²) < 4.78 is 0. The van der Waals surface area contributed by atoms with E-state index in [1.165, 1.54) is 19.3 Å². The summed E-state index contributed by atoms with van der Waals surface area (Å²) in [4.78, 5) is 13.5. The normalized spacial score (nSPS) is 23.6. The molecule has 1 saturated carbocycles. The fourth-order valence-electron chi connectivity index (χ4n) is 3.19. The average molecular weight is 275 g/mol. The summed E-state index contributed by atoms with van der Waals surface area (Å²) in [6.45, 7) is 7.18. The minimum Gasteiger partial charge on any atom is -0.338 e. The molecule has 5 nitrogen and oxygen atoms in total. The number of aromatic nitrogens is 2. The van der Waals surface area contributed by atoms with Gasteiger partial charge in [0.1, 0.15) is 0 Å². The van der Waals surface area contributed by atoms with E-state index in [2.05, 4.69) is 26.7 Å². The van der Waals surface area contributed by atoms with Crippen LogP contribution in [0.1, 0.15) is 26.2 Å². The summed E-state index contributed by atoms with van der Waals surface area (Å²) in [5, 5.41) is 0. The molecule has 2 aliphatic rings. The van der Waals surface area contributed by atoms with E-state index >= 15 is 0 Å². The first-order valence-corrected chi connectivity index (χ1v) is 7.68. The third-order valence-electron chi connectivity index (χ3n) is 4.74. The molecular formula is C15H25N5. The molecule has 0 aromatic carbocycles. The van der Waals surface area contributed by atoms with Crippen LogP contribution in [0.3, 0.4) is 0 Å². The van der Waals surface area contributed by atoms with Crippen molar-refractivity contribution in [2.24, 2.45) is 11.7 Å². The summed E-state index contributed by atoms with van der Waals surface area (Å²) in [5.74, 6) is 1.77. The highest BCUT2D eigenvalue weighted by Crippen LogP contribution is 2.38. The third kappa shape index (κ3) is 2.94. The first-order valence-electron chi connectivity index (χ1n) is 7.68. The van der Waals surface area contributed by atoms with Crippen LogP contribution in [0.25, 0.3) is 0 Å². The van der Waals surface area contributed by atoms with E-state index < -0.39 is 0 Å². The van der Waals surface area contributed by atoms with Gasteiger partial charge in [0.15, 0.2) is 0 Å². The molecular weight excluding hydrogens is 250 g/mol. The van der Waals surface area contributed by atoms with Crippen molar-refractivity contribution in [1.82, 2.24) is 14.9 Å². The van der Waals surface area contributed by atoms with Crippen molar-refractivity contribution < 1.29 is 0 Å². The Morgan fingerprint density at radius 1 is 1.20 bits per heavy atom. The zero-order chi connectivity index (χ0) is 14.0. The lowest BCUT2D eigenvalue weighted by molar-refractivity contribution is 0.0886. The monoisotopic (exact) mass is 275 g/mol. The van der Waals surface area contributed by atoms with Crippen LogP contribution in [0.4, 0.5) is 5.95 Å². The maximum absolute atomic E-state index is 6.08. The molecule has 2 N–H and O–H groups in total. The van der Waals surface area contributed by atoms with Gasteiger partial charge in [0, 0.05) is 50.7 Å². The molecule has 2 heterocycles. The van der Waals surface area contributed by atoms with Crippen molar-refractivity contribution in [1.29, 1.82) is 0 Å². The molecule has 1 atom stereocenters. The van der Waals surface area contributed by atoms with Gasteiger partial charge in [0.05, 0.1) is 0 Å². The van der Waals surface area contributed by atoms with E-state index in [0.29, 0.717) is 0 Å². The highest BCUT2D eigenvalue weighted by atomic mass is 15.3. The van der Waals surface area contributed by atoms with Crippen molar-refractivity contribution in [2.45, 2.75) is 31.7 Å². The Bertz CT molecular complexity index is 425. The van der Waals surface area contributed by atoms with Gasteiger partial charge in [-0.05, 0) is 25.3 Å². The minimum absolute atomic E-state index is 0.171. The van der Waals surface area contributed by atoms with Gasteiger partial charge in [-0.3, -0.25) is 4.90 Å². The topological polar surface area (TPSA) is 58.3 Å². The van der Waals surface area contributed by atoms with Crippen LogP contribution in [0, 0.1) is 5.92 Å². The first-order chi connectivity index (χ1) is 9.71. The smallest absolute Gasteiger partial charge is 0.225 e. The van der Waals surface area contributed by atoms with Crippen molar-refractivity contribution in [3.63, 3.8) is 0 Å². The number of rotatable bonds is 5. The fraction of sp³-hybridized carbons (Fsp3) is 0.733. The molecule has 0 amide bonds. The minimum atomic E-state index is 0.171. The van der Waals surface area contributed by atoms with E-state index in [1.807, 2.05) is 18.5 Å². The quantitative estimate of drug-likeness (QED) is 0.872. The molecule has 1 aliphatic carbocycles. The molecule has 5 heteroatoms. The number of hydrogen-bond donors (Lipinski definition) is 1. The molecule has 0 radical (unpaired) electrons. The third-order valence-corrected chi connectivity index (χ3v) is 4.74. The van der Waals surface area contributed by atoms with Crippen LogP contribution in [-0.4, -0.2) is 53.1 Å². The zero-order valence-electron chi connectivity index (χ0n) is 12.3. The van der Waals surface area contributed by atoms with E-state index in [-0.39, 0.29) is 5.54 Å². The highest BCUT2D eigenvalue weighted by molar-refractivity contribution is 5.29. The number of nitrogens with zero attached hydrogens (tertiary/aromatic N) is 4. The summed E-state index contributed by atoms with van der Waals surface area (Å²) in [6.07, 6.45) is 7.67. The van der Waals surface area contributed by atoms with Gasteiger partial charge < -0.3 is 10.6 Å². The van der Waals surface area contributed by atoms with Crippen LogP contribution in [0.15, 0.2) is 18.5 Å². The number of nitrogens with two attached hydrogens (primary N) is 1. The summed E-state index contributed by atoms with van der Waals surface area (Å²) in [7, 11) is 0. The Hall–Kier alpha value is -1.20. The van der Waals surface area contributed by atoms with Gasteiger partial charge in [-0.15, -0.1) is 0 Å².